The number of rotatable bonds is 4. The Kier molecular flexibility index (Phi) is 3.32. The van der Waals surface area contributed by atoms with Crippen LogP contribution < -0.4 is 9.80 Å². The lowest BCUT2D eigenvalue weighted by atomic mass is 10.3. The van der Waals surface area contributed by atoms with Gasteiger partial charge in [0, 0.05) is 49.7 Å². The summed E-state index contributed by atoms with van der Waals surface area (Å²) in [6, 6.07) is 0.338. The molecule has 1 saturated carbocycles. The highest BCUT2D eigenvalue weighted by molar-refractivity contribution is 7.09. The summed E-state index contributed by atoms with van der Waals surface area (Å²) in [6.07, 6.45) is 8.97. The monoisotopic (exact) mass is 344 g/mol. The van der Waals surface area contributed by atoms with E-state index in [-0.39, 0.29) is 5.91 Å². The van der Waals surface area contributed by atoms with Gasteiger partial charge in [-0.3, -0.25) is 9.48 Å². The molecule has 2 aromatic heterocycles. The van der Waals surface area contributed by atoms with Gasteiger partial charge in [0.15, 0.2) is 0 Å². The Bertz CT molecular complexity index is 766. The van der Waals surface area contributed by atoms with E-state index < -0.39 is 0 Å². The Morgan fingerprint density at radius 2 is 2.12 bits per heavy atom. The van der Waals surface area contributed by atoms with E-state index in [4.69, 9.17) is 4.98 Å². The van der Waals surface area contributed by atoms with Crippen LogP contribution in [0.4, 0.5) is 10.8 Å². The van der Waals surface area contributed by atoms with Crippen LogP contribution in [-0.4, -0.2) is 44.7 Å². The molecule has 2 saturated heterocycles. The van der Waals surface area contributed by atoms with Crippen molar-refractivity contribution in [3.8, 4) is 0 Å². The lowest BCUT2D eigenvalue weighted by Crippen LogP contribution is -2.23. The zero-order chi connectivity index (χ0) is 16.1. The molecule has 0 bridgehead atoms. The second-order valence-electron chi connectivity index (χ2n) is 6.93. The summed E-state index contributed by atoms with van der Waals surface area (Å²) < 4.78 is 6.53. The van der Waals surface area contributed by atoms with Crippen molar-refractivity contribution in [1.82, 2.24) is 19.1 Å². The fraction of sp³-hybridized carbons (Fsp3) is 0.625. The standard InChI is InChI=1S/C16H20N6OS/c23-14-2-1-6-21(14)13-8-17-22(10-13)12-5-7-20(9-12)16-18-15(19-24-16)11-3-4-11/h8,10-12H,1-7,9H2. The predicted molar refractivity (Wildman–Crippen MR) is 91.6 cm³/mol. The Balaban J connectivity index is 1.28. The average molecular weight is 344 g/mol. The number of anilines is 2. The van der Waals surface area contributed by atoms with Crippen LogP contribution in [0, 0.1) is 0 Å². The molecule has 3 aliphatic rings. The Morgan fingerprint density at radius 1 is 1.21 bits per heavy atom. The van der Waals surface area contributed by atoms with Gasteiger partial charge >= 0.3 is 0 Å². The van der Waals surface area contributed by atoms with Crippen LogP contribution in [0.15, 0.2) is 12.4 Å². The van der Waals surface area contributed by atoms with E-state index in [1.165, 1.54) is 24.4 Å². The Labute approximate surface area is 144 Å². The molecular weight excluding hydrogens is 324 g/mol. The van der Waals surface area contributed by atoms with Crippen molar-refractivity contribution in [3.05, 3.63) is 18.2 Å². The number of nitrogens with zero attached hydrogens (tertiary/aromatic N) is 6. The molecule has 1 unspecified atom stereocenters. The molecule has 7 nitrogen and oxygen atoms in total. The molecule has 0 radical (unpaired) electrons. The molecule has 8 heteroatoms. The lowest BCUT2D eigenvalue weighted by molar-refractivity contribution is -0.117. The summed E-state index contributed by atoms with van der Waals surface area (Å²) in [5, 5.41) is 5.56. The van der Waals surface area contributed by atoms with Crippen LogP contribution in [0.2, 0.25) is 0 Å². The van der Waals surface area contributed by atoms with Crippen molar-refractivity contribution in [1.29, 1.82) is 0 Å². The fourth-order valence-corrected chi connectivity index (χ4v) is 4.36. The maximum atomic E-state index is 11.9. The van der Waals surface area contributed by atoms with Crippen molar-refractivity contribution in [2.24, 2.45) is 0 Å². The van der Waals surface area contributed by atoms with Crippen LogP contribution >= 0.6 is 11.5 Å². The second kappa shape index (κ2) is 5.54. The highest BCUT2D eigenvalue weighted by Crippen LogP contribution is 2.40. The number of aromatic nitrogens is 4. The molecule has 0 spiro atoms. The molecular formula is C16H20N6OS. The first-order valence-electron chi connectivity index (χ1n) is 8.71. The first-order chi connectivity index (χ1) is 11.8. The van der Waals surface area contributed by atoms with Crippen LogP contribution in [0.3, 0.4) is 0 Å². The predicted octanol–water partition coefficient (Wildman–Crippen LogP) is 2.19. The van der Waals surface area contributed by atoms with Crippen molar-refractivity contribution in [3.63, 3.8) is 0 Å². The topological polar surface area (TPSA) is 67.2 Å². The van der Waals surface area contributed by atoms with Crippen molar-refractivity contribution in [2.75, 3.05) is 29.4 Å². The average Bonchev–Trinajstić information content (AvgIpc) is 3.05. The second-order valence-corrected chi connectivity index (χ2v) is 7.66. The molecule has 3 fully saturated rings. The van der Waals surface area contributed by atoms with Gasteiger partial charge in [0.25, 0.3) is 0 Å². The van der Waals surface area contributed by atoms with Gasteiger partial charge in [-0.1, -0.05) is 0 Å². The maximum absolute atomic E-state index is 11.9. The van der Waals surface area contributed by atoms with E-state index in [9.17, 15) is 4.79 Å². The van der Waals surface area contributed by atoms with Gasteiger partial charge in [0.1, 0.15) is 5.82 Å². The molecule has 1 amide bonds. The quantitative estimate of drug-likeness (QED) is 0.850. The largest absolute Gasteiger partial charge is 0.345 e. The molecule has 24 heavy (non-hydrogen) atoms. The Hall–Kier alpha value is -1.96. The van der Waals surface area contributed by atoms with E-state index in [0.717, 1.165) is 49.1 Å². The van der Waals surface area contributed by atoms with Gasteiger partial charge in [-0.25, -0.2) is 4.98 Å². The van der Waals surface area contributed by atoms with Crippen molar-refractivity contribution < 1.29 is 4.79 Å². The van der Waals surface area contributed by atoms with E-state index in [1.54, 1.807) is 0 Å². The van der Waals surface area contributed by atoms with Crippen LogP contribution in [0.5, 0.6) is 0 Å². The van der Waals surface area contributed by atoms with Gasteiger partial charge in [-0.05, 0) is 25.7 Å². The normalized spacial score (nSPS) is 24.3. The van der Waals surface area contributed by atoms with E-state index in [0.29, 0.717) is 18.4 Å². The van der Waals surface area contributed by atoms with Crippen molar-refractivity contribution in [2.45, 2.75) is 44.1 Å². The van der Waals surface area contributed by atoms with E-state index in [1.807, 2.05) is 22.0 Å². The smallest absolute Gasteiger partial charge is 0.227 e. The maximum Gasteiger partial charge on any atom is 0.227 e. The number of amides is 1. The van der Waals surface area contributed by atoms with Crippen LogP contribution in [0.1, 0.15) is 49.9 Å². The summed E-state index contributed by atoms with van der Waals surface area (Å²) in [5.74, 6) is 1.86. The first kappa shape index (κ1) is 14.4. The summed E-state index contributed by atoms with van der Waals surface area (Å²) in [5.41, 5.74) is 0.933. The highest BCUT2D eigenvalue weighted by Gasteiger charge is 2.31. The zero-order valence-corrected chi connectivity index (χ0v) is 14.3. The molecule has 5 rings (SSSR count). The molecule has 4 heterocycles. The highest BCUT2D eigenvalue weighted by atomic mass is 32.1. The summed E-state index contributed by atoms with van der Waals surface area (Å²) >= 11 is 1.52. The number of hydrogen-bond acceptors (Lipinski definition) is 6. The molecule has 0 N–H and O–H groups in total. The molecule has 1 aliphatic carbocycles. The molecule has 2 aliphatic heterocycles. The van der Waals surface area contributed by atoms with Gasteiger partial charge in [-0.15, -0.1) is 0 Å². The molecule has 2 aromatic rings. The molecule has 126 valence electrons. The fourth-order valence-electron chi connectivity index (χ4n) is 3.58. The SMILES string of the molecule is O=C1CCCN1c1cnn(C2CCN(c3nc(C4CC4)ns3)C2)c1. The van der Waals surface area contributed by atoms with Crippen LogP contribution in [-0.2, 0) is 4.79 Å². The minimum atomic E-state index is 0.212. The van der Waals surface area contributed by atoms with Gasteiger partial charge < -0.3 is 9.80 Å². The number of carbonyl (C=O) groups excluding carboxylic acids is 1. The van der Waals surface area contributed by atoms with Gasteiger partial charge in [0.05, 0.1) is 17.9 Å². The Morgan fingerprint density at radius 3 is 2.92 bits per heavy atom. The molecule has 1 atom stereocenters. The van der Waals surface area contributed by atoms with Crippen molar-refractivity contribution >= 4 is 28.3 Å². The summed E-state index contributed by atoms with van der Waals surface area (Å²) in [4.78, 5) is 20.7. The molecule has 0 aromatic carbocycles. The minimum Gasteiger partial charge on any atom is -0.345 e. The van der Waals surface area contributed by atoms with E-state index in [2.05, 4.69) is 14.4 Å². The minimum absolute atomic E-state index is 0.212. The van der Waals surface area contributed by atoms with Gasteiger partial charge in [-0.2, -0.15) is 9.47 Å². The third-order valence-electron chi connectivity index (χ3n) is 5.15. The zero-order valence-electron chi connectivity index (χ0n) is 13.5. The number of carbonyl (C=O) groups is 1. The first-order valence-corrected chi connectivity index (χ1v) is 9.48. The number of hydrogen-bond donors (Lipinski definition) is 0. The third-order valence-corrected chi connectivity index (χ3v) is 5.95. The third kappa shape index (κ3) is 2.49. The summed E-state index contributed by atoms with van der Waals surface area (Å²) in [6.45, 7) is 2.71. The van der Waals surface area contributed by atoms with Crippen LogP contribution in [0.25, 0.3) is 0 Å². The summed E-state index contributed by atoms with van der Waals surface area (Å²) in [7, 11) is 0. The lowest BCUT2D eigenvalue weighted by Gasteiger charge is -2.15. The van der Waals surface area contributed by atoms with Gasteiger partial charge in [0.2, 0.25) is 11.0 Å². The van der Waals surface area contributed by atoms with E-state index >= 15 is 0 Å².